The highest BCUT2D eigenvalue weighted by Gasteiger charge is 2.54. The Bertz CT molecular complexity index is 514. The molecular weight excluding hydrogens is 338 g/mol. The first-order valence-corrected chi connectivity index (χ1v) is 8.08. The van der Waals surface area contributed by atoms with Crippen LogP contribution in [0.1, 0.15) is 20.3 Å². The maximum atomic E-state index is 14.0. The molecule has 0 fully saturated rings. The van der Waals surface area contributed by atoms with E-state index in [1.807, 2.05) is 0 Å². The van der Waals surface area contributed by atoms with Gasteiger partial charge in [-0.1, -0.05) is 0 Å². The van der Waals surface area contributed by atoms with Crippen LogP contribution >= 0.6 is 0 Å². The van der Waals surface area contributed by atoms with E-state index < -0.39 is 55.6 Å². The molecule has 0 rings (SSSR count). The van der Waals surface area contributed by atoms with E-state index in [1.165, 1.54) is 0 Å². The molecule has 0 amide bonds. The summed E-state index contributed by atoms with van der Waals surface area (Å²) in [5.41, 5.74) is -7.58. The zero-order valence-electron chi connectivity index (χ0n) is 10.3. The first-order chi connectivity index (χ1) is 8.37. The van der Waals surface area contributed by atoms with Crippen molar-refractivity contribution in [3.63, 3.8) is 0 Å². The fraction of sp³-hybridized carbons (Fsp3) is 1.00. The summed E-state index contributed by atoms with van der Waals surface area (Å²) in [7, 11) is -11.4. The van der Waals surface area contributed by atoms with E-state index >= 15 is 0 Å². The third-order valence-corrected chi connectivity index (χ3v) is 4.15. The number of rotatable bonds is 7. The van der Waals surface area contributed by atoms with Crippen LogP contribution in [0.25, 0.3) is 0 Å². The molecule has 20 heavy (non-hydrogen) atoms. The van der Waals surface area contributed by atoms with Gasteiger partial charge < -0.3 is 0 Å². The lowest BCUT2D eigenvalue weighted by atomic mass is 9.89. The van der Waals surface area contributed by atoms with Crippen LogP contribution in [-0.2, 0) is 20.4 Å². The molecule has 0 aliphatic rings. The van der Waals surface area contributed by atoms with Gasteiger partial charge in [0.05, 0.1) is 0 Å². The summed E-state index contributed by atoms with van der Waals surface area (Å²) in [5, 5.41) is 0. The van der Waals surface area contributed by atoms with Crippen molar-refractivity contribution in [3.8, 4) is 0 Å². The lowest BCUT2D eigenvalue weighted by Crippen LogP contribution is -2.49. The highest BCUT2D eigenvalue weighted by molar-refractivity contribution is 7.87. The van der Waals surface area contributed by atoms with Crippen molar-refractivity contribution in [3.05, 3.63) is 0 Å². The Morgan fingerprint density at radius 3 is 1.30 bits per heavy atom. The molecule has 12 heteroatoms. The summed E-state index contributed by atoms with van der Waals surface area (Å²) in [6, 6.07) is 0. The molecule has 0 aromatic rings. The Morgan fingerprint density at radius 1 is 0.800 bits per heavy atom. The lowest BCUT2D eigenvalue weighted by Gasteiger charge is -2.33. The molecule has 0 aromatic heterocycles. The van der Waals surface area contributed by atoms with Crippen molar-refractivity contribution >= 4 is 20.4 Å². The predicted octanol–water partition coefficient (Wildman–Crippen LogP) is 2.07. The molecule has 0 saturated heterocycles. The highest BCUT2D eigenvalue weighted by atomic mass is 32.3. The van der Waals surface area contributed by atoms with Crippen LogP contribution in [0.2, 0.25) is 0 Å². The minimum Gasteiger partial charge on any atom is -0.241 e. The average molecular weight is 350 g/mol. The Hall–Kier alpha value is -0.520. The standard InChI is InChI=1S/C8H12F6O4S2/c1-6(9,7(2,10)11)3-8(12,4-19(13,15)16)5-20(14,17)18/h3-5H2,1-2H3. The topological polar surface area (TPSA) is 68.3 Å². The number of alkyl halides is 4. The SMILES string of the molecule is CC(F)(F)C(C)(F)CC(F)(CS(=O)(=O)F)CS(=O)(=O)F. The third kappa shape index (κ3) is 6.77. The Balaban J connectivity index is 5.57. The maximum Gasteiger partial charge on any atom is 0.305 e. The van der Waals surface area contributed by atoms with Crippen LogP contribution in [0.5, 0.6) is 0 Å². The second-order valence-corrected chi connectivity index (χ2v) is 7.51. The van der Waals surface area contributed by atoms with E-state index in [-0.39, 0.29) is 13.8 Å². The Labute approximate surface area is 112 Å². The van der Waals surface area contributed by atoms with E-state index in [0.717, 1.165) is 0 Å². The van der Waals surface area contributed by atoms with Crippen LogP contribution in [0.4, 0.5) is 25.3 Å². The minimum atomic E-state index is -5.69. The molecular formula is C8H12F6O4S2. The normalized spacial score (nSPS) is 17.8. The van der Waals surface area contributed by atoms with Crippen molar-refractivity contribution < 1.29 is 42.2 Å². The third-order valence-electron chi connectivity index (χ3n) is 2.43. The van der Waals surface area contributed by atoms with Gasteiger partial charge in [-0.05, 0) is 6.92 Å². The zero-order valence-corrected chi connectivity index (χ0v) is 12.0. The quantitative estimate of drug-likeness (QED) is 0.521. The Morgan fingerprint density at radius 2 is 1.10 bits per heavy atom. The van der Waals surface area contributed by atoms with E-state index in [1.54, 1.807) is 0 Å². The van der Waals surface area contributed by atoms with Crippen molar-refractivity contribution in [1.29, 1.82) is 0 Å². The molecule has 1 atom stereocenters. The van der Waals surface area contributed by atoms with Gasteiger partial charge >= 0.3 is 20.4 Å². The van der Waals surface area contributed by atoms with Crippen molar-refractivity contribution in [2.24, 2.45) is 0 Å². The fourth-order valence-corrected chi connectivity index (χ4v) is 3.29. The summed E-state index contributed by atoms with van der Waals surface area (Å²) in [5.74, 6) is -8.69. The van der Waals surface area contributed by atoms with Gasteiger partial charge in [-0.2, -0.15) is 16.8 Å². The Kier molecular flexibility index (Phi) is 5.21. The zero-order chi connectivity index (χ0) is 16.6. The molecule has 1 unspecified atom stereocenters. The van der Waals surface area contributed by atoms with Gasteiger partial charge in [-0.25, -0.2) is 17.6 Å². The van der Waals surface area contributed by atoms with Crippen molar-refractivity contribution in [1.82, 2.24) is 0 Å². The number of halogens is 6. The van der Waals surface area contributed by atoms with E-state index in [0.29, 0.717) is 0 Å². The molecule has 122 valence electrons. The van der Waals surface area contributed by atoms with Crippen LogP contribution < -0.4 is 0 Å². The lowest BCUT2D eigenvalue weighted by molar-refractivity contribution is -0.132. The second-order valence-electron chi connectivity index (χ2n) is 4.78. The fourth-order valence-electron chi connectivity index (χ4n) is 1.51. The van der Waals surface area contributed by atoms with Crippen molar-refractivity contribution in [2.75, 3.05) is 11.5 Å². The summed E-state index contributed by atoms with van der Waals surface area (Å²) in [6.45, 7) is 0.193. The van der Waals surface area contributed by atoms with Gasteiger partial charge in [0.1, 0.15) is 17.2 Å². The van der Waals surface area contributed by atoms with Crippen LogP contribution in [-0.4, -0.2) is 45.6 Å². The molecule has 0 saturated carbocycles. The minimum absolute atomic E-state index is 0.0291. The highest BCUT2D eigenvalue weighted by Crippen LogP contribution is 2.40. The largest absolute Gasteiger partial charge is 0.305 e. The molecule has 0 heterocycles. The van der Waals surface area contributed by atoms with Crippen LogP contribution in [0.15, 0.2) is 0 Å². The molecule has 0 N–H and O–H groups in total. The first-order valence-electron chi connectivity index (χ1n) is 4.97. The molecule has 4 nitrogen and oxygen atoms in total. The predicted molar refractivity (Wildman–Crippen MR) is 58.4 cm³/mol. The molecule has 0 spiro atoms. The van der Waals surface area contributed by atoms with Gasteiger partial charge in [-0.15, -0.1) is 7.77 Å². The maximum absolute atomic E-state index is 14.0. The first kappa shape index (κ1) is 19.5. The number of hydrogen-bond donors (Lipinski definition) is 0. The van der Waals surface area contributed by atoms with E-state index in [2.05, 4.69) is 0 Å². The summed E-state index contributed by atoms with van der Waals surface area (Å²) >= 11 is 0. The summed E-state index contributed by atoms with van der Waals surface area (Å²) in [6.07, 6.45) is -2.02. The second kappa shape index (κ2) is 5.35. The summed E-state index contributed by atoms with van der Waals surface area (Å²) in [4.78, 5) is 0. The number of hydrogen-bond acceptors (Lipinski definition) is 4. The molecule has 0 radical (unpaired) electrons. The van der Waals surface area contributed by atoms with Crippen molar-refractivity contribution in [2.45, 2.75) is 37.5 Å². The average Bonchev–Trinajstić information content (AvgIpc) is 1.88. The molecule has 0 aliphatic carbocycles. The van der Waals surface area contributed by atoms with Gasteiger partial charge in [0.15, 0.2) is 5.67 Å². The van der Waals surface area contributed by atoms with Crippen LogP contribution in [0, 0.1) is 0 Å². The van der Waals surface area contributed by atoms with Gasteiger partial charge in [-0.3, -0.25) is 0 Å². The van der Waals surface area contributed by atoms with Gasteiger partial charge in [0.25, 0.3) is 5.92 Å². The monoisotopic (exact) mass is 350 g/mol. The molecule has 0 aromatic carbocycles. The van der Waals surface area contributed by atoms with Gasteiger partial charge in [0, 0.05) is 13.3 Å². The molecule has 0 aliphatic heterocycles. The van der Waals surface area contributed by atoms with Gasteiger partial charge in [0.2, 0.25) is 0 Å². The van der Waals surface area contributed by atoms with E-state index in [4.69, 9.17) is 0 Å². The smallest absolute Gasteiger partial charge is 0.241 e. The molecule has 0 bridgehead atoms. The van der Waals surface area contributed by atoms with E-state index in [9.17, 15) is 42.2 Å². The summed E-state index contributed by atoms with van der Waals surface area (Å²) < 4.78 is 120. The van der Waals surface area contributed by atoms with Crippen LogP contribution in [0.3, 0.4) is 0 Å².